The monoisotopic (exact) mass is 295 g/mol. The van der Waals surface area contributed by atoms with Gasteiger partial charge < -0.3 is 4.90 Å². The summed E-state index contributed by atoms with van der Waals surface area (Å²) < 4.78 is 1.74. The van der Waals surface area contributed by atoms with Gasteiger partial charge in [-0.2, -0.15) is 5.10 Å². The maximum absolute atomic E-state index is 12.9. The molecular formula is C16H17N5O. The smallest absolute Gasteiger partial charge is 0.263 e. The Morgan fingerprint density at radius 1 is 1.32 bits per heavy atom. The van der Waals surface area contributed by atoms with Crippen LogP contribution >= 0.6 is 0 Å². The fourth-order valence-corrected chi connectivity index (χ4v) is 3.11. The number of aromatic nitrogens is 2. The van der Waals surface area contributed by atoms with Gasteiger partial charge in [0.25, 0.3) is 5.91 Å². The zero-order valence-electron chi connectivity index (χ0n) is 12.6. The van der Waals surface area contributed by atoms with Gasteiger partial charge in [0.05, 0.1) is 36.6 Å². The second kappa shape index (κ2) is 4.69. The Morgan fingerprint density at radius 2 is 2.14 bits per heavy atom. The Bertz CT molecular complexity index is 778. The highest BCUT2D eigenvalue weighted by atomic mass is 16.2. The van der Waals surface area contributed by atoms with Gasteiger partial charge in [-0.15, -0.1) is 0 Å². The summed E-state index contributed by atoms with van der Waals surface area (Å²) in [7, 11) is 1.87. The first kappa shape index (κ1) is 13.1. The number of benzene rings is 1. The highest BCUT2D eigenvalue weighted by molar-refractivity contribution is 6.19. The molecule has 0 aliphatic carbocycles. The summed E-state index contributed by atoms with van der Waals surface area (Å²) in [5.74, 6) is 0.753. The number of carbonyl (C=O) groups is 1. The van der Waals surface area contributed by atoms with Gasteiger partial charge >= 0.3 is 0 Å². The largest absolute Gasteiger partial charge is 0.307 e. The van der Waals surface area contributed by atoms with E-state index in [1.165, 1.54) is 0 Å². The fraction of sp³-hybridized carbons (Fsp3) is 0.312. The molecule has 22 heavy (non-hydrogen) atoms. The summed E-state index contributed by atoms with van der Waals surface area (Å²) in [6.07, 6.45) is 3.72. The molecule has 1 aromatic heterocycles. The number of hydrogen-bond acceptors (Lipinski definition) is 4. The first-order valence-corrected chi connectivity index (χ1v) is 7.37. The molecule has 1 unspecified atom stereocenters. The number of amides is 1. The quantitative estimate of drug-likeness (QED) is 0.846. The molecule has 1 aromatic carbocycles. The molecular weight excluding hydrogens is 278 g/mol. The van der Waals surface area contributed by atoms with Crippen molar-refractivity contribution in [1.82, 2.24) is 14.7 Å². The van der Waals surface area contributed by atoms with Crippen LogP contribution in [0.2, 0.25) is 0 Å². The standard InChI is InChI=1S/C16H17N5O/c1-11-7-17-16-20(10-12-8-18-19(2)9-12)15(22)13-5-3-4-6-14(13)21(11)16/h3-6,8-9,11H,7,10H2,1-2H3. The van der Waals surface area contributed by atoms with Crippen molar-refractivity contribution in [2.75, 3.05) is 11.4 Å². The van der Waals surface area contributed by atoms with Crippen LogP contribution in [0, 0.1) is 0 Å². The molecule has 0 N–H and O–H groups in total. The van der Waals surface area contributed by atoms with Crippen LogP contribution in [0.1, 0.15) is 22.8 Å². The molecule has 0 saturated heterocycles. The topological polar surface area (TPSA) is 53.7 Å². The number of rotatable bonds is 2. The van der Waals surface area contributed by atoms with E-state index >= 15 is 0 Å². The molecule has 0 bridgehead atoms. The molecule has 0 saturated carbocycles. The molecule has 2 aliphatic heterocycles. The number of aryl methyl sites for hydroxylation is 1. The van der Waals surface area contributed by atoms with Crippen molar-refractivity contribution in [2.45, 2.75) is 19.5 Å². The van der Waals surface area contributed by atoms with E-state index in [9.17, 15) is 4.79 Å². The highest BCUT2D eigenvalue weighted by Crippen LogP contribution is 2.33. The Kier molecular flexibility index (Phi) is 2.79. The van der Waals surface area contributed by atoms with Gasteiger partial charge in [-0.25, -0.2) is 0 Å². The molecule has 6 nitrogen and oxygen atoms in total. The number of guanidine groups is 1. The minimum atomic E-state index is 0.00329. The van der Waals surface area contributed by atoms with Gasteiger partial charge in [0.1, 0.15) is 0 Å². The molecule has 0 fully saturated rings. The SMILES string of the molecule is CC1CN=C2N(Cc3cnn(C)c3)C(=O)c3ccccc3N21. The molecule has 2 aliphatic rings. The average Bonchev–Trinajstić information content (AvgIpc) is 3.10. The molecule has 4 rings (SSSR count). The zero-order chi connectivity index (χ0) is 15.3. The van der Waals surface area contributed by atoms with Gasteiger partial charge in [-0.05, 0) is 19.1 Å². The summed E-state index contributed by atoms with van der Waals surface area (Å²) in [5, 5.41) is 4.18. The third kappa shape index (κ3) is 1.83. The number of hydrogen-bond donors (Lipinski definition) is 0. The van der Waals surface area contributed by atoms with E-state index < -0.39 is 0 Å². The molecule has 1 amide bonds. The van der Waals surface area contributed by atoms with E-state index in [0.29, 0.717) is 13.1 Å². The number of carbonyl (C=O) groups excluding carboxylic acids is 1. The van der Waals surface area contributed by atoms with Crippen LogP contribution in [0.15, 0.2) is 41.7 Å². The molecule has 3 heterocycles. The van der Waals surface area contributed by atoms with E-state index in [-0.39, 0.29) is 11.9 Å². The Balaban J connectivity index is 1.78. The van der Waals surface area contributed by atoms with Crippen LogP contribution in [0.4, 0.5) is 5.69 Å². The molecule has 6 heteroatoms. The Labute approximate surface area is 128 Å². The van der Waals surface area contributed by atoms with Gasteiger partial charge in [0.15, 0.2) is 0 Å². The lowest BCUT2D eigenvalue weighted by atomic mass is 10.1. The minimum Gasteiger partial charge on any atom is -0.307 e. The molecule has 0 spiro atoms. The van der Waals surface area contributed by atoms with Crippen LogP contribution in [0.25, 0.3) is 0 Å². The number of para-hydroxylation sites is 1. The average molecular weight is 295 g/mol. The van der Waals surface area contributed by atoms with Crippen molar-refractivity contribution in [2.24, 2.45) is 12.0 Å². The molecule has 112 valence electrons. The van der Waals surface area contributed by atoms with Crippen molar-refractivity contribution in [3.05, 3.63) is 47.8 Å². The van der Waals surface area contributed by atoms with Crippen molar-refractivity contribution < 1.29 is 4.79 Å². The molecule has 1 atom stereocenters. The highest BCUT2D eigenvalue weighted by Gasteiger charge is 2.39. The van der Waals surface area contributed by atoms with Crippen LogP contribution in [0.3, 0.4) is 0 Å². The van der Waals surface area contributed by atoms with E-state index in [1.807, 2.05) is 37.5 Å². The summed E-state index contributed by atoms with van der Waals surface area (Å²) in [6, 6.07) is 8.01. The van der Waals surface area contributed by atoms with Gasteiger partial charge in [-0.3, -0.25) is 19.4 Å². The Morgan fingerprint density at radius 3 is 2.91 bits per heavy atom. The van der Waals surface area contributed by atoms with E-state index in [4.69, 9.17) is 0 Å². The Hall–Kier alpha value is -2.63. The number of fused-ring (bicyclic) bond motifs is 3. The predicted octanol–water partition coefficient (Wildman–Crippen LogP) is 1.64. The van der Waals surface area contributed by atoms with Crippen LogP contribution in [-0.2, 0) is 13.6 Å². The van der Waals surface area contributed by atoms with Crippen LogP contribution in [-0.4, -0.2) is 39.1 Å². The summed E-state index contributed by atoms with van der Waals surface area (Å²) in [4.78, 5) is 21.4. The van der Waals surface area contributed by atoms with E-state index in [2.05, 4.69) is 21.9 Å². The van der Waals surface area contributed by atoms with E-state index in [0.717, 1.165) is 22.8 Å². The lowest BCUT2D eigenvalue weighted by molar-refractivity contribution is 0.0833. The van der Waals surface area contributed by atoms with Crippen molar-refractivity contribution in [1.29, 1.82) is 0 Å². The molecule has 0 radical (unpaired) electrons. The summed E-state index contributed by atoms with van der Waals surface area (Å²) >= 11 is 0. The third-order valence-corrected chi connectivity index (χ3v) is 4.13. The van der Waals surface area contributed by atoms with Crippen molar-refractivity contribution in [3.8, 4) is 0 Å². The fourth-order valence-electron chi connectivity index (χ4n) is 3.11. The van der Waals surface area contributed by atoms with Gasteiger partial charge in [-0.1, -0.05) is 12.1 Å². The first-order valence-electron chi connectivity index (χ1n) is 7.37. The predicted molar refractivity (Wildman–Crippen MR) is 83.8 cm³/mol. The van der Waals surface area contributed by atoms with Crippen molar-refractivity contribution in [3.63, 3.8) is 0 Å². The van der Waals surface area contributed by atoms with Crippen LogP contribution in [0.5, 0.6) is 0 Å². The minimum absolute atomic E-state index is 0.00329. The number of anilines is 1. The second-order valence-corrected chi connectivity index (χ2v) is 5.79. The summed E-state index contributed by atoms with van der Waals surface area (Å²) in [6.45, 7) is 3.33. The molecule has 2 aromatic rings. The number of nitrogens with zero attached hydrogens (tertiary/aromatic N) is 5. The van der Waals surface area contributed by atoms with E-state index in [1.54, 1.807) is 15.8 Å². The maximum atomic E-state index is 12.9. The van der Waals surface area contributed by atoms with Crippen molar-refractivity contribution >= 4 is 17.6 Å². The second-order valence-electron chi connectivity index (χ2n) is 5.79. The zero-order valence-corrected chi connectivity index (χ0v) is 12.6. The third-order valence-electron chi connectivity index (χ3n) is 4.13. The number of aliphatic imine (C=N–C) groups is 1. The lowest BCUT2D eigenvalue weighted by Crippen LogP contribution is -2.51. The van der Waals surface area contributed by atoms with Gasteiger partial charge in [0, 0.05) is 18.8 Å². The van der Waals surface area contributed by atoms with Crippen LogP contribution < -0.4 is 4.90 Å². The summed E-state index contributed by atoms with van der Waals surface area (Å²) in [5.41, 5.74) is 2.69. The lowest BCUT2D eigenvalue weighted by Gasteiger charge is -2.37. The maximum Gasteiger partial charge on any atom is 0.263 e. The normalized spacial score (nSPS) is 20.0. The first-order chi connectivity index (χ1) is 10.6. The van der Waals surface area contributed by atoms with Gasteiger partial charge in [0.2, 0.25) is 5.96 Å².